The zero-order chi connectivity index (χ0) is 19.8. The van der Waals surface area contributed by atoms with E-state index in [1.807, 2.05) is 22.9 Å². The van der Waals surface area contributed by atoms with Gasteiger partial charge < -0.3 is 0 Å². The Morgan fingerprint density at radius 3 is 1.86 bits per heavy atom. The summed E-state index contributed by atoms with van der Waals surface area (Å²) in [5.74, 6) is 0. The summed E-state index contributed by atoms with van der Waals surface area (Å²) in [7, 11) is 0. The van der Waals surface area contributed by atoms with Crippen molar-refractivity contribution in [3.63, 3.8) is 0 Å². The van der Waals surface area contributed by atoms with Crippen molar-refractivity contribution >= 4 is 11.6 Å². The van der Waals surface area contributed by atoms with Crippen molar-refractivity contribution in [2.75, 3.05) is 0 Å². The van der Waals surface area contributed by atoms with Gasteiger partial charge in [0, 0.05) is 11.1 Å². The van der Waals surface area contributed by atoms with Gasteiger partial charge in [0.05, 0.1) is 16.4 Å². The lowest BCUT2D eigenvalue weighted by molar-refractivity contribution is 0.891. The fraction of sp³-hybridized carbons (Fsp3) is 0.160. The Balaban J connectivity index is 1.99. The molecule has 0 aliphatic rings. The van der Waals surface area contributed by atoms with E-state index in [2.05, 4.69) is 76.2 Å². The molecule has 4 rings (SSSR count). The number of nitrogens with zero attached hydrogens (tertiary/aromatic N) is 2. The molecule has 1 heterocycles. The Labute approximate surface area is 171 Å². The van der Waals surface area contributed by atoms with Crippen molar-refractivity contribution in [1.29, 1.82) is 0 Å². The summed E-state index contributed by atoms with van der Waals surface area (Å²) in [5.41, 5.74) is 9.82. The molecule has 2 nitrogen and oxygen atoms in total. The van der Waals surface area contributed by atoms with E-state index in [9.17, 15) is 0 Å². The molecule has 0 N–H and O–H groups in total. The fourth-order valence-electron chi connectivity index (χ4n) is 3.37. The van der Waals surface area contributed by atoms with Gasteiger partial charge in [0.25, 0.3) is 0 Å². The number of aryl methyl sites for hydroxylation is 4. The first-order chi connectivity index (χ1) is 13.5. The number of hydrogen-bond donors (Lipinski definition) is 0. The maximum atomic E-state index is 6.95. The number of aromatic nitrogens is 2. The summed E-state index contributed by atoms with van der Waals surface area (Å²) < 4.78 is 1.96. The van der Waals surface area contributed by atoms with Crippen LogP contribution >= 0.6 is 11.6 Å². The number of benzene rings is 3. The minimum atomic E-state index is 0.676. The first-order valence-electron chi connectivity index (χ1n) is 9.45. The van der Waals surface area contributed by atoms with Crippen LogP contribution in [0.5, 0.6) is 0 Å². The molecule has 3 heteroatoms. The van der Waals surface area contributed by atoms with Gasteiger partial charge in [0.1, 0.15) is 5.69 Å². The molecule has 3 aromatic carbocycles. The van der Waals surface area contributed by atoms with E-state index in [0.29, 0.717) is 5.02 Å². The molecule has 0 radical (unpaired) electrons. The summed E-state index contributed by atoms with van der Waals surface area (Å²) in [5, 5.41) is 5.61. The van der Waals surface area contributed by atoms with Gasteiger partial charge in [-0.05, 0) is 74.2 Å². The zero-order valence-electron chi connectivity index (χ0n) is 16.6. The van der Waals surface area contributed by atoms with E-state index in [1.165, 1.54) is 22.3 Å². The predicted molar refractivity (Wildman–Crippen MR) is 118 cm³/mol. The van der Waals surface area contributed by atoms with E-state index in [1.54, 1.807) is 0 Å². The molecule has 4 aromatic rings. The Bertz CT molecular complexity index is 1160. The second kappa shape index (κ2) is 7.29. The molecule has 0 bridgehead atoms. The Morgan fingerprint density at radius 2 is 1.25 bits per heavy atom. The molecule has 0 spiro atoms. The molecule has 0 atom stereocenters. The van der Waals surface area contributed by atoms with Crippen LogP contribution in [0.2, 0.25) is 5.02 Å². The van der Waals surface area contributed by atoms with E-state index in [0.717, 1.165) is 28.2 Å². The van der Waals surface area contributed by atoms with Gasteiger partial charge in [0.15, 0.2) is 0 Å². The molecule has 0 amide bonds. The second-order valence-corrected chi connectivity index (χ2v) is 7.73. The molecule has 0 saturated carbocycles. The fourth-order valence-corrected chi connectivity index (χ4v) is 3.70. The van der Waals surface area contributed by atoms with Gasteiger partial charge in [-0.2, -0.15) is 5.10 Å². The van der Waals surface area contributed by atoms with E-state index in [-0.39, 0.29) is 0 Å². The summed E-state index contributed by atoms with van der Waals surface area (Å²) >= 11 is 6.95. The number of para-hydroxylation sites is 1. The van der Waals surface area contributed by atoms with Gasteiger partial charge in [-0.25, -0.2) is 4.68 Å². The first kappa shape index (κ1) is 18.5. The van der Waals surface area contributed by atoms with Crippen molar-refractivity contribution in [3.05, 3.63) is 94.0 Å². The quantitative estimate of drug-likeness (QED) is 0.367. The standard InChI is InChI=1S/C25H23ClN2/c1-16-10-12-20(14-18(16)3)24-23(26)25(21-13-11-17(2)19(4)15-21)28(27-24)22-8-6-5-7-9-22/h5-15H,1-4H3. The highest BCUT2D eigenvalue weighted by Gasteiger charge is 2.20. The molecule has 0 fully saturated rings. The van der Waals surface area contributed by atoms with Gasteiger partial charge in [-0.3, -0.25) is 0 Å². The molecule has 1 aromatic heterocycles. The average Bonchev–Trinajstić information content (AvgIpc) is 3.04. The van der Waals surface area contributed by atoms with Crippen molar-refractivity contribution in [2.24, 2.45) is 0 Å². The van der Waals surface area contributed by atoms with Crippen LogP contribution in [-0.4, -0.2) is 9.78 Å². The normalized spacial score (nSPS) is 11.0. The zero-order valence-corrected chi connectivity index (χ0v) is 17.4. The number of rotatable bonds is 3. The van der Waals surface area contributed by atoms with Crippen molar-refractivity contribution in [2.45, 2.75) is 27.7 Å². The van der Waals surface area contributed by atoms with Crippen LogP contribution in [-0.2, 0) is 0 Å². The van der Waals surface area contributed by atoms with Crippen molar-refractivity contribution < 1.29 is 0 Å². The minimum absolute atomic E-state index is 0.676. The maximum Gasteiger partial charge on any atom is 0.112 e. The highest BCUT2D eigenvalue weighted by molar-refractivity contribution is 6.35. The molecule has 0 saturated heterocycles. The van der Waals surface area contributed by atoms with Crippen LogP contribution in [0.25, 0.3) is 28.2 Å². The van der Waals surface area contributed by atoms with Crippen LogP contribution in [0, 0.1) is 27.7 Å². The highest BCUT2D eigenvalue weighted by atomic mass is 35.5. The third-order valence-corrected chi connectivity index (χ3v) is 5.75. The van der Waals surface area contributed by atoms with Crippen LogP contribution in [0.3, 0.4) is 0 Å². The molecule has 0 aliphatic heterocycles. The summed E-state index contributed by atoms with van der Waals surface area (Å²) in [4.78, 5) is 0. The lowest BCUT2D eigenvalue weighted by Crippen LogP contribution is -1.99. The Morgan fingerprint density at radius 1 is 0.679 bits per heavy atom. The summed E-state index contributed by atoms with van der Waals surface area (Å²) in [6, 6.07) is 23.0. The lowest BCUT2D eigenvalue weighted by atomic mass is 10.0. The predicted octanol–water partition coefficient (Wildman–Crippen LogP) is 7.09. The van der Waals surface area contributed by atoms with Crippen molar-refractivity contribution in [3.8, 4) is 28.2 Å². The van der Waals surface area contributed by atoms with Gasteiger partial charge in [-0.1, -0.05) is 54.1 Å². The van der Waals surface area contributed by atoms with Gasteiger partial charge >= 0.3 is 0 Å². The van der Waals surface area contributed by atoms with E-state index < -0.39 is 0 Å². The Hall–Kier alpha value is -2.84. The molecule has 0 unspecified atom stereocenters. The summed E-state index contributed by atoms with van der Waals surface area (Å²) in [6.07, 6.45) is 0. The third kappa shape index (κ3) is 3.25. The average molecular weight is 387 g/mol. The SMILES string of the molecule is Cc1ccc(-c2nn(-c3ccccc3)c(-c3ccc(C)c(C)c3)c2Cl)cc1C. The van der Waals surface area contributed by atoms with Crippen LogP contribution < -0.4 is 0 Å². The topological polar surface area (TPSA) is 17.8 Å². The molecule has 0 aliphatic carbocycles. The molecular weight excluding hydrogens is 364 g/mol. The van der Waals surface area contributed by atoms with Crippen LogP contribution in [0.15, 0.2) is 66.7 Å². The number of halogens is 1. The van der Waals surface area contributed by atoms with Crippen LogP contribution in [0.1, 0.15) is 22.3 Å². The van der Waals surface area contributed by atoms with Gasteiger partial charge in [-0.15, -0.1) is 0 Å². The largest absolute Gasteiger partial charge is 0.231 e. The van der Waals surface area contributed by atoms with Gasteiger partial charge in [0.2, 0.25) is 0 Å². The van der Waals surface area contributed by atoms with Crippen molar-refractivity contribution in [1.82, 2.24) is 9.78 Å². The van der Waals surface area contributed by atoms with Crippen LogP contribution in [0.4, 0.5) is 0 Å². The first-order valence-corrected chi connectivity index (χ1v) is 9.82. The molecule has 28 heavy (non-hydrogen) atoms. The maximum absolute atomic E-state index is 6.95. The molecular formula is C25H23ClN2. The third-order valence-electron chi connectivity index (χ3n) is 5.39. The lowest BCUT2D eigenvalue weighted by Gasteiger charge is -2.10. The van der Waals surface area contributed by atoms with E-state index >= 15 is 0 Å². The minimum Gasteiger partial charge on any atom is -0.231 e. The highest BCUT2D eigenvalue weighted by Crippen LogP contribution is 2.38. The van der Waals surface area contributed by atoms with E-state index in [4.69, 9.17) is 16.7 Å². The second-order valence-electron chi connectivity index (χ2n) is 7.36. The summed E-state index contributed by atoms with van der Waals surface area (Å²) in [6.45, 7) is 8.48. The number of hydrogen-bond acceptors (Lipinski definition) is 1. The molecule has 140 valence electrons. The smallest absolute Gasteiger partial charge is 0.112 e. The monoisotopic (exact) mass is 386 g/mol. The Kier molecular flexibility index (Phi) is 4.82.